The molecule has 3 rings (SSSR count). The maximum Gasteiger partial charge on any atom is 0.305 e. The van der Waals surface area contributed by atoms with Gasteiger partial charge in [0.15, 0.2) is 0 Å². The lowest BCUT2D eigenvalue weighted by atomic mass is 10.0. The summed E-state index contributed by atoms with van der Waals surface area (Å²) in [5, 5.41) is 18.3. The molecule has 0 saturated carbocycles. The minimum atomic E-state index is -0.983. The van der Waals surface area contributed by atoms with E-state index in [1.54, 1.807) is 47.6 Å². The Balaban J connectivity index is 1.77. The van der Waals surface area contributed by atoms with E-state index in [-0.39, 0.29) is 12.1 Å². The van der Waals surface area contributed by atoms with Crippen LogP contribution in [0.5, 0.6) is 0 Å². The third-order valence-corrected chi connectivity index (χ3v) is 4.47. The van der Waals surface area contributed by atoms with Crippen molar-refractivity contribution >= 4 is 23.2 Å². The Morgan fingerprint density at radius 1 is 1.32 bits per heavy atom. The van der Waals surface area contributed by atoms with Crippen LogP contribution in [0.15, 0.2) is 48.1 Å². The van der Waals surface area contributed by atoms with Gasteiger partial charge >= 0.3 is 5.97 Å². The van der Waals surface area contributed by atoms with Gasteiger partial charge in [-0.1, -0.05) is 30.3 Å². The van der Waals surface area contributed by atoms with Crippen molar-refractivity contribution < 1.29 is 14.7 Å². The fourth-order valence-corrected chi connectivity index (χ4v) is 3.16. The Bertz CT molecular complexity index is 888. The summed E-state index contributed by atoms with van der Waals surface area (Å²) in [4.78, 5) is 27.9. The smallest absolute Gasteiger partial charge is 0.305 e. The molecule has 0 aliphatic carbocycles. The molecule has 0 fully saturated rings. The number of carbonyl (C=O) groups excluding carboxylic acids is 1. The van der Waals surface area contributed by atoms with Crippen molar-refractivity contribution in [1.82, 2.24) is 20.1 Å². The molecular formula is C17H16N4O3S. The second kappa shape index (κ2) is 7.27. The van der Waals surface area contributed by atoms with Crippen LogP contribution in [-0.2, 0) is 11.8 Å². The number of amides is 1. The van der Waals surface area contributed by atoms with Crippen molar-refractivity contribution in [1.29, 1.82) is 0 Å². The summed E-state index contributed by atoms with van der Waals surface area (Å²) < 4.78 is 1.66. The number of thiazole rings is 1. The summed E-state index contributed by atoms with van der Waals surface area (Å²) in [5.41, 5.74) is 1.83. The SMILES string of the molecule is Cn1cc(-c2nc(C(=O)N[C@H](CC(=O)O)c3ccccc3)cs2)cn1. The molecule has 2 heterocycles. The molecule has 0 spiro atoms. The molecule has 128 valence electrons. The zero-order valence-corrected chi connectivity index (χ0v) is 14.2. The second-order valence-corrected chi connectivity index (χ2v) is 6.33. The van der Waals surface area contributed by atoms with Crippen molar-refractivity contribution in [3.05, 3.63) is 59.4 Å². The van der Waals surface area contributed by atoms with E-state index in [0.29, 0.717) is 5.01 Å². The van der Waals surface area contributed by atoms with Crippen LogP contribution in [0.1, 0.15) is 28.5 Å². The van der Waals surface area contributed by atoms with Gasteiger partial charge in [0.2, 0.25) is 0 Å². The fourth-order valence-electron chi connectivity index (χ4n) is 2.39. The van der Waals surface area contributed by atoms with E-state index in [0.717, 1.165) is 11.1 Å². The van der Waals surface area contributed by atoms with Crippen LogP contribution < -0.4 is 5.32 Å². The highest BCUT2D eigenvalue weighted by molar-refractivity contribution is 7.13. The summed E-state index contributed by atoms with van der Waals surface area (Å²) in [6.07, 6.45) is 3.30. The van der Waals surface area contributed by atoms with Crippen molar-refractivity contribution in [2.45, 2.75) is 12.5 Å². The highest BCUT2D eigenvalue weighted by Gasteiger charge is 2.20. The molecule has 0 unspecified atom stereocenters. The minimum absolute atomic E-state index is 0.199. The Hall–Kier alpha value is -3.00. The average Bonchev–Trinajstić information content (AvgIpc) is 3.23. The lowest BCUT2D eigenvalue weighted by Gasteiger charge is -2.16. The highest BCUT2D eigenvalue weighted by Crippen LogP contribution is 2.24. The first-order valence-electron chi connectivity index (χ1n) is 7.55. The quantitative estimate of drug-likeness (QED) is 0.707. The Kier molecular flexibility index (Phi) is 4.90. The lowest BCUT2D eigenvalue weighted by Crippen LogP contribution is -2.30. The summed E-state index contributed by atoms with van der Waals surface area (Å²) in [6, 6.07) is 8.41. The van der Waals surface area contributed by atoms with E-state index in [1.165, 1.54) is 11.3 Å². The van der Waals surface area contributed by atoms with Crippen LogP contribution in [0.25, 0.3) is 10.6 Å². The molecule has 25 heavy (non-hydrogen) atoms. The number of aryl methyl sites for hydroxylation is 1. The minimum Gasteiger partial charge on any atom is -0.481 e. The van der Waals surface area contributed by atoms with E-state index in [9.17, 15) is 9.59 Å². The normalized spacial score (nSPS) is 11.9. The van der Waals surface area contributed by atoms with Crippen molar-refractivity contribution in [2.75, 3.05) is 0 Å². The van der Waals surface area contributed by atoms with E-state index >= 15 is 0 Å². The largest absolute Gasteiger partial charge is 0.481 e. The topological polar surface area (TPSA) is 97.1 Å². The molecule has 3 aromatic rings. The number of aromatic nitrogens is 3. The van der Waals surface area contributed by atoms with Gasteiger partial charge in [-0.2, -0.15) is 5.10 Å². The molecule has 0 radical (unpaired) electrons. The number of carboxylic acid groups (broad SMARTS) is 1. The highest BCUT2D eigenvalue weighted by atomic mass is 32.1. The number of rotatable bonds is 6. The number of aliphatic carboxylic acids is 1. The van der Waals surface area contributed by atoms with Crippen LogP contribution in [0.3, 0.4) is 0 Å². The maximum absolute atomic E-state index is 12.5. The van der Waals surface area contributed by atoms with Crippen molar-refractivity contribution in [3.8, 4) is 10.6 Å². The first-order chi connectivity index (χ1) is 12.0. The zero-order chi connectivity index (χ0) is 17.8. The molecule has 8 heteroatoms. The molecular weight excluding hydrogens is 340 g/mol. The molecule has 1 amide bonds. The first kappa shape index (κ1) is 16.8. The van der Waals surface area contributed by atoms with E-state index < -0.39 is 17.9 Å². The van der Waals surface area contributed by atoms with Gasteiger partial charge in [0.05, 0.1) is 18.7 Å². The number of hydrogen-bond acceptors (Lipinski definition) is 5. The third kappa shape index (κ3) is 4.10. The lowest BCUT2D eigenvalue weighted by molar-refractivity contribution is -0.137. The second-order valence-electron chi connectivity index (χ2n) is 5.48. The third-order valence-electron chi connectivity index (χ3n) is 3.57. The number of nitrogens with zero attached hydrogens (tertiary/aromatic N) is 3. The average molecular weight is 356 g/mol. The van der Waals surface area contributed by atoms with Gasteiger partial charge in [-0.3, -0.25) is 14.3 Å². The first-order valence-corrected chi connectivity index (χ1v) is 8.43. The molecule has 2 N–H and O–H groups in total. The van der Waals surface area contributed by atoms with Crippen LogP contribution in [0.2, 0.25) is 0 Å². The predicted molar refractivity (Wildman–Crippen MR) is 93.2 cm³/mol. The Morgan fingerprint density at radius 2 is 2.08 bits per heavy atom. The number of carboxylic acids is 1. The van der Waals surface area contributed by atoms with Crippen LogP contribution in [0.4, 0.5) is 0 Å². The molecule has 0 bridgehead atoms. The van der Waals surface area contributed by atoms with Gasteiger partial charge in [0.1, 0.15) is 10.7 Å². The molecule has 0 saturated heterocycles. The standard InChI is InChI=1S/C17H16N4O3S/c1-21-9-12(8-18-21)17-20-14(10-25-17)16(24)19-13(7-15(22)23)11-5-3-2-4-6-11/h2-6,8-10,13H,7H2,1H3,(H,19,24)(H,22,23)/t13-/m1/s1. The molecule has 1 atom stereocenters. The predicted octanol–water partition coefficient (Wildman–Crippen LogP) is 2.49. The Labute approximate surface area is 148 Å². The van der Waals surface area contributed by atoms with Gasteiger partial charge < -0.3 is 10.4 Å². The van der Waals surface area contributed by atoms with Crippen molar-refractivity contribution in [2.24, 2.45) is 7.05 Å². The summed E-state index contributed by atoms with van der Waals surface area (Å²) in [6.45, 7) is 0. The van der Waals surface area contributed by atoms with Crippen molar-refractivity contribution in [3.63, 3.8) is 0 Å². The van der Waals surface area contributed by atoms with E-state index in [2.05, 4.69) is 15.4 Å². The molecule has 7 nitrogen and oxygen atoms in total. The molecule has 0 aliphatic rings. The summed E-state index contributed by atoms with van der Waals surface area (Å²) in [7, 11) is 1.81. The summed E-state index contributed by atoms with van der Waals surface area (Å²) in [5.74, 6) is -1.38. The van der Waals surface area contributed by atoms with Crippen LogP contribution in [-0.4, -0.2) is 31.7 Å². The molecule has 0 aliphatic heterocycles. The molecule has 2 aromatic heterocycles. The van der Waals surface area contributed by atoms with Gasteiger partial charge in [0.25, 0.3) is 5.91 Å². The summed E-state index contributed by atoms with van der Waals surface area (Å²) >= 11 is 1.34. The van der Waals surface area contributed by atoms with Crippen LogP contribution in [0, 0.1) is 0 Å². The van der Waals surface area contributed by atoms with E-state index in [4.69, 9.17) is 5.11 Å². The van der Waals surface area contributed by atoms with Gasteiger partial charge in [-0.05, 0) is 5.56 Å². The fraction of sp³-hybridized carbons (Fsp3) is 0.176. The van der Waals surface area contributed by atoms with Gasteiger partial charge in [0, 0.05) is 24.2 Å². The van der Waals surface area contributed by atoms with Gasteiger partial charge in [-0.25, -0.2) is 4.98 Å². The van der Waals surface area contributed by atoms with E-state index in [1.807, 2.05) is 12.3 Å². The number of benzene rings is 1. The monoisotopic (exact) mass is 356 g/mol. The zero-order valence-electron chi connectivity index (χ0n) is 13.4. The maximum atomic E-state index is 12.5. The molecule has 1 aromatic carbocycles. The number of nitrogens with one attached hydrogen (secondary N) is 1. The number of hydrogen-bond donors (Lipinski definition) is 2. The van der Waals surface area contributed by atoms with Crippen LogP contribution >= 0.6 is 11.3 Å². The Morgan fingerprint density at radius 3 is 2.72 bits per heavy atom. The van der Waals surface area contributed by atoms with Gasteiger partial charge in [-0.15, -0.1) is 11.3 Å². The number of carbonyl (C=O) groups is 2.